The molecule has 142 valence electrons. The molecule has 0 saturated carbocycles. The average Bonchev–Trinajstić information content (AvgIpc) is 2.83. The van der Waals surface area contributed by atoms with Gasteiger partial charge in [0.2, 0.25) is 0 Å². The maximum Gasteiger partial charge on any atom is 0.305 e. The Bertz CT molecular complexity index is 839. The van der Waals surface area contributed by atoms with Crippen molar-refractivity contribution >= 4 is 11.5 Å². The molecule has 0 N–H and O–H groups in total. The van der Waals surface area contributed by atoms with Crippen molar-refractivity contribution in [2.75, 3.05) is 27.7 Å². The number of fused-ring (bicyclic) bond motifs is 2. The summed E-state index contributed by atoms with van der Waals surface area (Å²) in [5, 5.41) is 0. The van der Waals surface area contributed by atoms with Gasteiger partial charge in [0.25, 0.3) is 0 Å². The summed E-state index contributed by atoms with van der Waals surface area (Å²) < 4.78 is 10.9. The van der Waals surface area contributed by atoms with Gasteiger partial charge in [0.1, 0.15) is 12.4 Å². The zero-order chi connectivity index (χ0) is 19.2. The highest BCUT2D eigenvalue weighted by Gasteiger charge is 2.19. The lowest BCUT2D eigenvalue weighted by atomic mass is 9.92. The molecule has 4 nitrogen and oxygen atoms in total. The zero-order valence-corrected chi connectivity index (χ0v) is 16.3. The fraction of sp³-hybridized carbons (Fsp3) is 0.348. The van der Waals surface area contributed by atoms with Gasteiger partial charge in [-0.05, 0) is 61.3 Å². The van der Waals surface area contributed by atoms with Gasteiger partial charge in [-0.3, -0.25) is 4.79 Å². The van der Waals surface area contributed by atoms with Crippen molar-refractivity contribution in [2.45, 2.75) is 25.9 Å². The van der Waals surface area contributed by atoms with Gasteiger partial charge in [-0.15, -0.1) is 0 Å². The summed E-state index contributed by atoms with van der Waals surface area (Å²) in [7, 11) is 5.60. The van der Waals surface area contributed by atoms with Crippen LogP contribution in [-0.4, -0.2) is 38.6 Å². The molecule has 0 radical (unpaired) electrons. The molecule has 1 aliphatic heterocycles. The van der Waals surface area contributed by atoms with Crippen molar-refractivity contribution in [3.05, 3.63) is 70.8 Å². The lowest BCUT2D eigenvalue weighted by Crippen LogP contribution is -2.12. The Kier molecular flexibility index (Phi) is 6.30. The van der Waals surface area contributed by atoms with Crippen LogP contribution in [-0.2, 0) is 22.6 Å². The van der Waals surface area contributed by atoms with Crippen molar-refractivity contribution in [3.8, 4) is 5.75 Å². The third kappa shape index (κ3) is 4.77. The van der Waals surface area contributed by atoms with E-state index in [-0.39, 0.29) is 5.97 Å². The summed E-state index contributed by atoms with van der Waals surface area (Å²) in [6, 6.07) is 14.6. The maximum absolute atomic E-state index is 11.5. The first kappa shape index (κ1) is 19.2. The molecule has 0 atom stereocenters. The monoisotopic (exact) mass is 365 g/mol. The predicted octanol–water partition coefficient (Wildman–Crippen LogP) is 4.07. The van der Waals surface area contributed by atoms with Crippen LogP contribution in [0.15, 0.2) is 48.5 Å². The van der Waals surface area contributed by atoms with Gasteiger partial charge in [-0.1, -0.05) is 36.4 Å². The third-order valence-corrected chi connectivity index (χ3v) is 4.80. The highest BCUT2D eigenvalue weighted by molar-refractivity contribution is 5.85. The van der Waals surface area contributed by atoms with E-state index in [1.807, 2.05) is 12.1 Å². The molecule has 0 spiro atoms. The molecule has 4 heteroatoms. The number of hydrogen-bond acceptors (Lipinski definition) is 4. The Labute approximate surface area is 161 Å². The summed E-state index contributed by atoms with van der Waals surface area (Å²) in [6.45, 7) is 1.56. The number of hydrogen-bond donors (Lipinski definition) is 0. The Morgan fingerprint density at radius 1 is 1.19 bits per heavy atom. The lowest BCUT2D eigenvalue weighted by molar-refractivity contribution is -0.140. The van der Waals surface area contributed by atoms with Crippen molar-refractivity contribution in [1.29, 1.82) is 0 Å². The van der Waals surface area contributed by atoms with Gasteiger partial charge < -0.3 is 14.4 Å². The number of esters is 1. The number of methoxy groups -OCH3 is 1. The average molecular weight is 365 g/mol. The molecule has 0 aliphatic carbocycles. The zero-order valence-electron chi connectivity index (χ0n) is 16.3. The maximum atomic E-state index is 11.5. The van der Waals surface area contributed by atoms with Crippen molar-refractivity contribution in [3.63, 3.8) is 0 Å². The van der Waals surface area contributed by atoms with Gasteiger partial charge >= 0.3 is 5.97 Å². The molecule has 1 aliphatic rings. The molecule has 27 heavy (non-hydrogen) atoms. The quantitative estimate of drug-likeness (QED) is 0.724. The fourth-order valence-corrected chi connectivity index (χ4v) is 3.31. The van der Waals surface area contributed by atoms with Crippen LogP contribution < -0.4 is 4.74 Å². The van der Waals surface area contributed by atoms with Crippen LogP contribution in [0, 0.1) is 0 Å². The van der Waals surface area contributed by atoms with E-state index in [9.17, 15) is 4.79 Å². The minimum absolute atomic E-state index is 0.187. The minimum atomic E-state index is -0.187. The van der Waals surface area contributed by atoms with Gasteiger partial charge in [0, 0.05) is 18.5 Å². The molecular weight excluding hydrogens is 338 g/mol. The van der Waals surface area contributed by atoms with Gasteiger partial charge in [0.05, 0.1) is 7.11 Å². The summed E-state index contributed by atoms with van der Waals surface area (Å²) in [5.74, 6) is 0.706. The smallest absolute Gasteiger partial charge is 0.305 e. The molecule has 0 unspecified atom stereocenters. The van der Waals surface area contributed by atoms with E-state index in [1.165, 1.54) is 23.8 Å². The normalized spacial score (nSPS) is 14.3. The molecular formula is C23H27NO3. The van der Waals surface area contributed by atoms with Crippen LogP contribution in [0.4, 0.5) is 0 Å². The largest absolute Gasteiger partial charge is 0.488 e. The first-order valence-electron chi connectivity index (χ1n) is 9.34. The number of nitrogens with zero attached hydrogens (tertiary/aromatic N) is 1. The van der Waals surface area contributed by atoms with E-state index in [2.05, 4.69) is 55.4 Å². The molecule has 1 heterocycles. The molecule has 0 bridgehead atoms. The lowest BCUT2D eigenvalue weighted by Gasteiger charge is -2.13. The summed E-state index contributed by atoms with van der Waals surface area (Å²) in [5.41, 5.74) is 5.84. The minimum Gasteiger partial charge on any atom is -0.488 e. The SMILES string of the molecule is COC(=O)CCc1ccc2c(c1)C(=CCCN(C)C)c1ccccc1CO2. The summed E-state index contributed by atoms with van der Waals surface area (Å²) in [6.07, 6.45) is 4.30. The molecule has 3 rings (SSSR count). The van der Waals surface area contributed by atoms with Crippen LogP contribution in [0.3, 0.4) is 0 Å². The third-order valence-electron chi connectivity index (χ3n) is 4.80. The summed E-state index contributed by atoms with van der Waals surface area (Å²) >= 11 is 0. The van der Waals surface area contributed by atoms with Crippen LogP contribution in [0.1, 0.15) is 35.1 Å². The predicted molar refractivity (Wildman–Crippen MR) is 108 cm³/mol. The number of ether oxygens (including phenoxy) is 2. The molecule has 2 aromatic carbocycles. The van der Waals surface area contributed by atoms with E-state index in [0.717, 1.165) is 29.8 Å². The van der Waals surface area contributed by atoms with Crippen molar-refractivity contribution < 1.29 is 14.3 Å². The number of rotatable bonds is 6. The van der Waals surface area contributed by atoms with Crippen LogP contribution >= 0.6 is 0 Å². The van der Waals surface area contributed by atoms with Crippen LogP contribution in [0.25, 0.3) is 5.57 Å². The topological polar surface area (TPSA) is 38.8 Å². The highest BCUT2D eigenvalue weighted by Crippen LogP contribution is 2.37. The van der Waals surface area contributed by atoms with Crippen molar-refractivity contribution in [1.82, 2.24) is 4.90 Å². The highest BCUT2D eigenvalue weighted by atomic mass is 16.5. The van der Waals surface area contributed by atoms with Gasteiger partial charge in [-0.25, -0.2) is 0 Å². The van der Waals surface area contributed by atoms with Gasteiger partial charge in [0.15, 0.2) is 0 Å². The van der Waals surface area contributed by atoms with Crippen LogP contribution in [0.2, 0.25) is 0 Å². The van der Waals surface area contributed by atoms with E-state index < -0.39 is 0 Å². The Morgan fingerprint density at radius 3 is 2.78 bits per heavy atom. The second-order valence-corrected chi connectivity index (χ2v) is 7.06. The molecule has 0 fully saturated rings. The standard InChI is InChI=1S/C23H27NO3/c1-24(2)14-6-9-20-19-8-5-4-7-18(19)16-27-22-12-10-17(15-21(20)22)11-13-23(25)26-3/h4-5,7-10,12,15H,6,11,13-14,16H2,1-3H3. The molecule has 0 amide bonds. The van der Waals surface area contributed by atoms with Gasteiger partial charge in [-0.2, -0.15) is 0 Å². The molecule has 0 aromatic heterocycles. The van der Waals surface area contributed by atoms with Crippen molar-refractivity contribution in [2.24, 2.45) is 0 Å². The molecule has 2 aromatic rings. The first-order chi connectivity index (χ1) is 13.1. The van der Waals surface area contributed by atoms with E-state index >= 15 is 0 Å². The Balaban J connectivity index is 1.98. The number of benzene rings is 2. The summed E-state index contributed by atoms with van der Waals surface area (Å²) in [4.78, 5) is 13.7. The Hall–Kier alpha value is -2.59. The second-order valence-electron chi connectivity index (χ2n) is 7.06. The van der Waals surface area contributed by atoms with E-state index in [4.69, 9.17) is 9.47 Å². The number of aryl methyl sites for hydroxylation is 1. The molecule has 0 saturated heterocycles. The van der Waals surface area contributed by atoms with E-state index in [1.54, 1.807) is 0 Å². The number of carbonyl (C=O) groups is 1. The van der Waals surface area contributed by atoms with E-state index in [0.29, 0.717) is 19.4 Å². The second kappa shape index (κ2) is 8.87. The van der Waals surface area contributed by atoms with Crippen LogP contribution in [0.5, 0.6) is 5.75 Å². The number of carbonyl (C=O) groups excluding carboxylic acids is 1. The Morgan fingerprint density at radius 2 is 2.00 bits per heavy atom. The first-order valence-corrected chi connectivity index (χ1v) is 9.34. The fourth-order valence-electron chi connectivity index (χ4n) is 3.31.